The Morgan fingerprint density at radius 1 is 1.50 bits per heavy atom. The Bertz CT molecular complexity index is 551. The van der Waals surface area contributed by atoms with Crippen LogP contribution in [-0.4, -0.2) is 21.6 Å². The van der Waals surface area contributed by atoms with Gasteiger partial charge >= 0.3 is 0 Å². The van der Waals surface area contributed by atoms with E-state index in [1.54, 1.807) is 11.8 Å². The van der Waals surface area contributed by atoms with Gasteiger partial charge in [0.1, 0.15) is 17.4 Å². The number of rotatable bonds is 3. The zero-order valence-corrected chi connectivity index (χ0v) is 10.2. The molecule has 0 bridgehead atoms. The molecule has 0 spiro atoms. The largest absolute Gasteiger partial charge is 0.331 e. The van der Waals surface area contributed by atoms with E-state index >= 15 is 0 Å². The Hall–Kier alpha value is -1.47. The molecule has 0 atom stereocenters. The van der Waals surface area contributed by atoms with Crippen molar-refractivity contribution in [2.24, 2.45) is 7.05 Å². The van der Waals surface area contributed by atoms with Gasteiger partial charge in [-0.15, -0.1) is 0 Å². The summed E-state index contributed by atoms with van der Waals surface area (Å²) in [4.78, 5) is 4.55. The summed E-state index contributed by atoms with van der Waals surface area (Å²) in [5.74, 6) is 2.10. The van der Waals surface area contributed by atoms with Crippen LogP contribution in [0.1, 0.15) is 11.4 Å². The first-order valence-electron chi connectivity index (χ1n) is 5.11. The monoisotopic (exact) mass is 231 g/mol. The van der Waals surface area contributed by atoms with E-state index in [1.807, 2.05) is 25.2 Å². The van der Waals surface area contributed by atoms with Crippen LogP contribution in [0.4, 0.5) is 0 Å². The first kappa shape index (κ1) is 11.0. The summed E-state index contributed by atoms with van der Waals surface area (Å²) in [6.45, 7) is 0. The fourth-order valence-corrected chi connectivity index (χ4v) is 2.16. The summed E-state index contributed by atoms with van der Waals surface area (Å²) < 4.78 is 2.08. The first-order valence-corrected chi connectivity index (χ1v) is 6.50. The normalized spacial score (nSPS) is 10.6. The van der Waals surface area contributed by atoms with Gasteiger partial charge in [0.15, 0.2) is 0 Å². The molecule has 0 aliphatic carbocycles. The van der Waals surface area contributed by atoms with E-state index in [0.29, 0.717) is 5.56 Å². The number of hydrogen-bond donors (Lipinski definition) is 0. The lowest BCUT2D eigenvalue weighted by Gasteiger charge is -2.00. The zero-order chi connectivity index (χ0) is 11.5. The SMILES string of the molecule is CSCCc1nc2c(C#N)cccc2n1C. The fourth-order valence-electron chi connectivity index (χ4n) is 1.77. The number of benzene rings is 1. The second-order valence-electron chi connectivity index (χ2n) is 3.61. The molecule has 0 radical (unpaired) electrons. The minimum absolute atomic E-state index is 0.656. The number of nitriles is 1. The number of nitrogens with zero attached hydrogens (tertiary/aromatic N) is 3. The molecule has 0 aliphatic heterocycles. The maximum Gasteiger partial charge on any atom is 0.110 e. The van der Waals surface area contributed by atoms with E-state index in [9.17, 15) is 0 Å². The highest BCUT2D eigenvalue weighted by molar-refractivity contribution is 7.98. The molecule has 0 N–H and O–H groups in total. The van der Waals surface area contributed by atoms with Crippen LogP contribution < -0.4 is 0 Å². The molecule has 0 unspecified atom stereocenters. The molecule has 2 rings (SSSR count). The van der Waals surface area contributed by atoms with Crippen LogP contribution in [0.5, 0.6) is 0 Å². The number of fused-ring (bicyclic) bond motifs is 1. The Balaban J connectivity index is 2.55. The molecule has 0 fully saturated rings. The van der Waals surface area contributed by atoms with Gasteiger partial charge in [0, 0.05) is 19.2 Å². The Morgan fingerprint density at radius 3 is 3.00 bits per heavy atom. The van der Waals surface area contributed by atoms with Crippen molar-refractivity contribution in [3.05, 3.63) is 29.6 Å². The van der Waals surface area contributed by atoms with Gasteiger partial charge in [-0.3, -0.25) is 0 Å². The Labute approximate surface area is 99.1 Å². The van der Waals surface area contributed by atoms with Crippen LogP contribution in [0.15, 0.2) is 18.2 Å². The fraction of sp³-hybridized carbons (Fsp3) is 0.333. The summed E-state index contributed by atoms with van der Waals surface area (Å²) in [7, 11) is 2.01. The predicted octanol–water partition coefficient (Wildman–Crippen LogP) is 2.35. The molecule has 1 aromatic heterocycles. The van der Waals surface area contributed by atoms with Gasteiger partial charge < -0.3 is 4.57 Å². The molecule has 16 heavy (non-hydrogen) atoms. The van der Waals surface area contributed by atoms with Crippen molar-refractivity contribution >= 4 is 22.8 Å². The molecule has 1 aromatic carbocycles. The van der Waals surface area contributed by atoms with Crippen LogP contribution in [0.25, 0.3) is 11.0 Å². The zero-order valence-electron chi connectivity index (χ0n) is 9.40. The molecule has 0 aliphatic rings. The van der Waals surface area contributed by atoms with Gasteiger partial charge in [-0.1, -0.05) is 6.07 Å². The molecule has 0 amide bonds. The van der Waals surface area contributed by atoms with Gasteiger partial charge in [0.25, 0.3) is 0 Å². The Morgan fingerprint density at radius 2 is 2.31 bits per heavy atom. The second kappa shape index (κ2) is 4.58. The summed E-state index contributed by atoms with van der Waals surface area (Å²) in [5.41, 5.74) is 2.52. The number of aromatic nitrogens is 2. The number of para-hydroxylation sites is 1. The lowest BCUT2D eigenvalue weighted by molar-refractivity contribution is 0.833. The van der Waals surface area contributed by atoms with Crippen LogP contribution in [0, 0.1) is 11.3 Å². The lowest BCUT2D eigenvalue weighted by atomic mass is 10.2. The van der Waals surface area contributed by atoms with Crippen molar-refractivity contribution in [2.75, 3.05) is 12.0 Å². The van der Waals surface area contributed by atoms with Crippen molar-refractivity contribution < 1.29 is 0 Å². The van der Waals surface area contributed by atoms with E-state index in [0.717, 1.165) is 29.0 Å². The minimum atomic E-state index is 0.656. The molecular weight excluding hydrogens is 218 g/mol. The summed E-state index contributed by atoms with van der Waals surface area (Å²) in [6, 6.07) is 7.91. The number of aryl methyl sites for hydroxylation is 2. The van der Waals surface area contributed by atoms with Crippen LogP contribution in [0.2, 0.25) is 0 Å². The van der Waals surface area contributed by atoms with Gasteiger partial charge in [-0.25, -0.2) is 4.98 Å². The molecule has 4 heteroatoms. The third-order valence-electron chi connectivity index (χ3n) is 2.65. The highest BCUT2D eigenvalue weighted by atomic mass is 32.2. The highest BCUT2D eigenvalue weighted by Gasteiger charge is 2.10. The van der Waals surface area contributed by atoms with Crippen molar-refractivity contribution in [3.8, 4) is 6.07 Å². The molecular formula is C12H13N3S. The third kappa shape index (κ3) is 1.79. The van der Waals surface area contributed by atoms with Gasteiger partial charge in [0.2, 0.25) is 0 Å². The third-order valence-corrected chi connectivity index (χ3v) is 3.27. The average molecular weight is 231 g/mol. The van der Waals surface area contributed by atoms with Crippen LogP contribution in [0.3, 0.4) is 0 Å². The van der Waals surface area contributed by atoms with Crippen molar-refractivity contribution in [2.45, 2.75) is 6.42 Å². The van der Waals surface area contributed by atoms with Crippen molar-refractivity contribution in [1.29, 1.82) is 5.26 Å². The number of thioether (sulfide) groups is 1. The van der Waals surface area contributed by atoms with E-state index in [-0.39, 0.29) is 0 Å². The number of hydrogen-bond acceptors (Lipinski definition) is 3. The van der Waals surface area contributed by atoms with Gasteiger partial charge in [-0.05, 0) is 18.4 Å². The van der Waals surface area contributed by atoms with E-state index in [2.05, 4.69) is 21.9 Å². The number of imidazole rings is 1. The quantitative estimate of drug-likeness (QED) is 0.814. The van der Waals surface area contributed by atoms with Crippen LogP contribution >= 0.6 is 11.8 Å². The predicted molar refractivity (Wildman–Crippen MR) is 67.5 cm³/mol. The van der Waals surface area contributed by atoms with Crippen LogP contribution in [-0.2, 0) is 13.5 Å². The molecule has 1 heterocycles. The standard InChI is InChI=1S/C12H13N3S/c1-15-10-5-3-4-9(8-13)12(10)14-11(15)6-7-16-2/h3-5H,6-7H2,1-2H3. The molecule has 82 valence electrons. The van der Waals surface area contributed by atoms with Gasteiger partial charge in [-0.2, -0.15) is 17.0 Å². The lowest BCUT2D eigenvalue weighted by Crippen LogP contribution is -1.99. The van der Waals surface area contributed by atoms with E-state index in [4.69, 9.17) is 5.26 Å². The Kier molecular flexibility index (Phi) is 3.16. The average Bonchev–Trinajstić information content (AvgIpc) is 2.64. The summed E-state index contributed by atoms with van der Waals surface area (Å²) >= 11 is 1.81. The van der Waals surface area contributed by atoms with Gasteiger partial charge in [0.05, 0.1) is 11.1 Å². The van der Waals surface area contributed by atoms with E-state index in [1.165, 1.54) is 0 Å². The topological polar surface area (TPSA) is 41.6 Å². The molecule has 2 aromatic rings. The van der Waals surface area contributed by atoms with Crippen molar-refractivity contribution in [1.82, 2.24) is 9.55 Å². The minimum Gasteiger partial charge on any atom is -0.331 e. The van der Waals surface area contributed by atoms with Crippen molar-refractivity contribution in [3.63, 3.8) is 0 Å². The second-order valence-corrected chi connectivity index (χ2v) is 4.60. The maximum absolute atomic E-state index is 9.01. The summed E-state index contributed by atoms with van der Waals surface area (Å²) in [6.07, 6.45) is 3.03. The molecule has 3 nitrogen and oxygen atoms in total. The van der Waals surface area contributed by atoms with E-state index < -0.39 is 0 Å². The summed E-state index contributed by atoms with van der Waals surface area (Å²) in [5, 5.41) is 9.01. The molecule has 0 saturated heterocycles. The smallest absolute Gasteiger partial charge is 0.110 e. The first-order chi connectivity index (χ1) is 7.77. The molecule has 0 saturated carbocycles. The maximum atomic E-state index is 9.01. The highest BCUT2D eigenvalue weighted by Crippen LogP contribution is 2.19.